The highest BCUT2D eigenvalue weighted by Gasteiger charge is 2.57. The summed E-state index contributed by atoms with van der Waals surface area (Å²) in [5.74, 6) is 0. The molecule has 2 aromatic rings. The van der Waals surface area contributed by atoms with Crippen LogP contribution in [0.15, 0.2) is 34.8 Å². The predicted molar refractivity (Wildman–Crippen MR) is 80.3 cm³/mol. The minimum Gasteiger partial charge on any atom is -0.361 e. The normalized spacial score (nSPS) is 25.1. The number of nitrogens with one attached hydrogen (secondary N) is 1. The predicted octanol–water partition coefficient (Wildman–Crippen LogP) is 4.49. The molecule has 3 heterocycles. The Bertz CT molecular complexity index is 635. The maximum Gasteiger partial charge on any atom is 0.0719 e. The van der Waals surface area contributed by atoms with Gasteiger partial charge in [0, 0.05) is 16.7 Å². The van der Waals surface area contributed by atoms with E-state index < -0.39 is 0 Å². The highest BCUT2D eigenvalue weighted by Crippen LogP contribution is 2.64. The average Bonchev–Trinajstić information content (AvgIpc) is 2.94. The number of hydrogen-bond acceptors (Lipinski definition) is 1. The van der Waals surface area contributed by atoms with Crippen molar-refractivity contribution < 1.29 is 0 Å². The molecular weight excluding hydrogens is 300 g/mol. The standard InChI is InChI=1S/C16H15BrN2/c17-11-3-1-10(2-4-11)12-7-13-15(18-12)14-8-16(5-6-16)9-19(13)14/h1-4,7,14,18H,5-6,8-9H2. The molecule has 1 aromatic carbocycles. The minimum absolute atomic E-state index is 0.682. The van der Waals surface area contributed by atoms with E-state index in [2.05, 4.69) is 56.1 Å². The first kappa shape index (κ1) is 10.6. The summed E-state index contributed by atoms with van der Waals surface area (Å²) >= 11 is 3.49. The van der Waals surface area contributed by atoms with Crippen molar-refractivity contribution in [2.24, 2.45) is 5.41 Å². The molecule has 2 nitrogen and oxygen atoms in total. The van der Waals surface area contributed by atoms with Crippen LogP contribution in [0.4, 0.5) is 5.69 Å². The van der Waals surface area contributed by atoms with Crippen LogP contribution in [0.2, 0.25) is 0 Å². The summed E-state index contributed by atoms with van der Waals surface area (Å²) in [6.45, 7) is 1.29. The topological polar surface area (TPSA) is 19.0 Å². The van der Waals surface area contributed by atoms with E-state index >= 15 is 0 Å². The molecule has 1 aliphatic carbocycles. The lowest BCUT2D eigenvalue weighted by Crippen LogP contribution is -2.32. The van der Waals surface area contributed by atoms with E-state index in [4.69, 9.17) is 0 Å². The van der Waals surface area contributed by atoms with Crippen LogP contribution in [-0.4, -0.2) is 11.5 Å². The first-order valence-electron chi connectivity index (χ1n) is 7.00. The van der Waals surface area contributed by atoms with Crippen LogP contribution in [0.5, 0.6) is 0 Å². The Morgan fingerprint density at radius 3 is 2.74 bits per heavy atom. The number of aromatic amines is 1. The molecule has 2 aliphatic heterocycles. The number of halogens is 1. The van der Waals surface area contributed by atoms with E-state index in [0.29, 0.717) is 11.5 Å². The Labute approximate surface area is 120 Å². The molecule has 96 valence electrons. The molecule has 1 unspecified atom stereocenters. The molecule has 1 saturated heterocycles. The van der Waals surface area contributed by atoms with Gasteiger partial charge in [-0.1, -0.05) is 28.1 Å². The van der Waals surface area contributed by atoms with Gasteiger partial charge in [-0.2, -0.15) is 0 Å². The Morgan fingerprint density at radius 2 is 2.00 bits per heavy atom. The summed E-state index contributed by atoms with van der Waals surface area (Å²) in [5.41, 5.74) is 6.16. The van der Waals surface area contributed by atoms with Gasteiger partial charge in [0.15, 0.2) is 0 Å². The molecule has 5 rings (SSSR count). The zero-order valence-corrected chi connectivity index (χ0v) is 12.2. The van der Waals surface area contributed by atoms with Crippen molar-refractivity contribution in [3.05, 3.63) is 40.5 Å². The molecule has 0 amide bonds. The number of aromatic nitrogens is 1. The van der Waals surface area contributed by atoms with Gasteiger partial charge in [-0.05, 0) is 48.4 Å². The third-order valence-electron chi connectivity index (χ3n) is 5.09. The zero-order chi connectivity index (χ0) is 12.6. The van der Waals surface area contributed by atoms with Crippen molar-refractivity contribution in [2.75, 3.05) is 11.4 Å². The van der Waals surface area contributed by atoms with E-state index in [1.165, 1.54) is 48.4 Å². The van der Waals surface area contributed by atoms with E-state index in [-0.39, 0.29) is 0 Å². The number of anilines is 1. The fraction of sp³-hybridized carbons (Fsp3) is 0.375. The van der Waals surface area contributed by atoms with Crippen LogP contribution in [0, 0.1) is 5.41 Å². The molecule has 1 aromatic heterocycles. The highest BCUT2D eigenvalue weighted by atomic mass is 79.9. The van der Waals surface area contributed by atoms with E-state index in [1.54, 1.807) is 0 Å². The Morgan fingerprint density at radius 1 is 1.21 bits per heavy atom. The number of H-pyrrole nitrogens is 1. The summed E-state index contributed by atoms with van der Waals surface area (Å²) in [4.78, 5) is 6.26. The van der Waals surface area contributed by atoms with Crippen molar-refractivity contribution >= 4 is 21.6 Å². The van der Waals surface area contributed by atoms with Crippen LogP contribution in [0.1, 0.15) is 31.0 Å². The SMILES string of the molecule is Brc1ccc(-c2cc3c([nH]2)C2CC4(CC4)CN32)cc1. The van der Waals surface area contributed by atoms with Gasteiger partial charge in [0.25, 0.3) is 0 Å². The van der Waals surface area contributed by atoms with Crippen molar-refractivity contribution in [1.82, 2.24) is 4.98 Å². The van der Waals surface area contributed by atoms with E-state index in [0.717, 1.165) is 4.47 Å². The van der Waals surface area contributed by atoms with Gasteiger partial charge in [0.1, 0.15) is 0 Å². The molecule has 3 heteroatoms. The lowest BCUT2D eigenvalue weighted by atomic mass is 9.98. The number of nitrogens with zero attached hydrogens (tertiary/aromatic N) is 1. The second kappa shape index (κ2) is 3.26. The van der Waals surface area contributed by atoms with Crippen LogP contribution in [0.3, 0.4) is 0 Å². The maximum atomic E-state index is 3.65. The molecular formula is C16H15BrN2. The molecule has 19 heavy (non-hydrogen) atoms. The van der Waals surface area contributed by atoms with Gasteiger partial charge in [0.05, 0.1) is 17.4 Å². The van der Waals surface area contributed by atoms with Crippen molar-refractivity contribution in [2.45, 2.75) is 25.3 Å². The van der Waals surface area contributed by atoms with Crippen molar-refractivity contribution in [3.8, 4) is 11.3 Å². The van der Waals surface area contributed by atoms with Gasteiger partial charge < -0.3 is 9.88 Å². The first-order valence-corrected chi connectivity index (χ1v) is 7.79. The second-order valence-corrected chi connectivity index (χ2v) is 7.25. The molecule has 0 bridgehead atoms. The Hall–Kier alpha value is -1.22. The molecule has 1 saturated carbocycles. The van der Waals surface area contributed by atoms with E-state index in [1.807, 2.05) is 0 Å². The zero-order valence-electron chi connectivity index (χ0n) is 10.6. The summed E-state index contributed by atoms with van der Waals surface area (Å²) in [6.07, 6.45) is 4.27. The van der Waals surface area contributed by atoms with E-state index in [9.17, 15) is 0 Å². The average molecular weight is 315 g/mol. The lowest BCUT2D eigenvalue weighted by molar-refractivity contribution is 0.546. The van der Waals surface area contributed by atoms with Crippen LogP contribution < -0.4 is 4.90 Å². The summed E-state index contributed by atoms with van der Waals surface area (Å²) in [5, 5.41) is 0. The molecule has 1 atom stereocenters. The quantitative estimate of drug-likeness (QED) is 0.821. The van der Waals surface area contributed by atoms with Gasteiger partial charge in [-0.3, -0.25) is 0 Å². The first-order chi connectivity index (χ1) is 9.24. The van der Waals surface area contributed by atoms with Crippen molar-refractivity contribution in [1.29, 1.82) is 0 Å². The Balaban J connectivity index is 1.51. The largest absolute Gasteiger partial charge is 0.361 e. The second-order valence-electron chi connectivity index (χ2n) is 6.34. The molecule has 1 spiro atoms. The summed E-state index contributed by atoms with van der Waals surface area (Å²) in [7, 11) is 0. The van der Waals surface area contributed by atoms with Crippen LogP contribution in [-0.2, 0) is 0 Å². The smallest absolute Gasteiger partial charge is 0.0719 e. The van der Waals surface area contributed by atoms with Gasteiger partial charge in [0.2, 0.25) is 0 Å². The third kappa shape index (κ3) is 1.37. The lowest BCUT2D eigenvalue weighted by Gasteiger charge is -2.36. The van der Waals surface area contributed by atoms with Gasteiger partial charge in [-0.15, -0.1) is 0 Å². The number of rotatable bonds is 1. The third-order valence-corrected chi connectivity index (χ3v) is 5.62. The number of benzene rings is 1. The fourth-order valence-corrected chi connectivity index (χ4v) is 4.04. The highest BCUT2D eigenvalue weighted by molar-refractivity contribution is 9.10. The van der Waals surface area contributed by atoms with Crippen LogP contribution >= 0.6 is 15.9 Å². The monoisotopic (exact) mass is 314 g/mol. The summed E-state index contributed by atoms with van der Waals surface area (Å²) in [6, 6.07) is 11.6. The molecule has 0 radical (unpaired) electrons. The molecule has 3 aliphatic rings. The van der Waals surface area contributed by atoms with Crippen molar-refractivity contribution in [3.63, 3.8) is 0 Å². The Kier molecular flexibility index (Phi) is 1.81. The van der Waals surface area contributed by atoms with Gasteiger partial charge in [-0.25, -0.2) is 0 Å². The number of hydrogen-bond donors (Lipinski definition) is 1. The van der Waals surface area contributed by atoms with Crippen LogP contribution in [0.25, 0.3) is 11.3 Å². The molecule has 2 fully saturated rings. The summed E-state index contributed by atoms with van der Waals surface area (Å²) < 4.78 is 1.13. The maximum absolute atomic E-state index is 3.65. The minimum atomic E-state index is 0.682. The molecule has 1 N–H and O–H groups in total. The van der Waals surface area contributed by atoms with Gasteiger partial charge >= 0.3 is 0 Å². The fourth-order valence-electron chi connectivity index (χ4n) is 3.78. The number of fused-ring (bicyclic) bond motifs is 4.